The molecule has 0 unspecified atom stereocenters. The number of hydrogen-bond acceptors (Lipinski definition) is 7. The Balaban J connectivity index is 1.69. The van der Waals surface area contributed by atoms with Crippen LogP contribution in [0.4, 0.5) is 26.2 Å². The molecule has 4 rings (SSSR count). The lowest BCUT2D eigenvalue weighted by molar-refractivity contribution is 0.1000. The van der Waals surface area contributed by atoms with Crippen molar-refractivity contribution in [3.8, 4) is 17.0 Å². The summed E-state index contributed by atoms with van der Waals surface area (Å²) in [5, 5.41) is 2.83. The van der Waals surface area contributed by atoms with Gasteiger partial charge in [-0.2, -0.15) is 0 Å². The van der Waals surface area contributed by atoms with E-state index in [0.29, 0.717) is 24.7 Å². The van der Waals surface area contributed by atoms with Crippen LogP contribution in [0.2, 0.25) is 0 Å². The van der Waals surface area contributed by atoms with E-state index in [9.17, 15) is 13.6 Å². The van der Waals surface area contributed by atoms with E-state index in [1.807, 2.05) is 18.7 Å². The number of amides is 1. The maximum absolute atomic E-state index is 14.8. The number of benzene rings is 1. The first kappa shape index (κ1) is 20.5. The zero-order chi connectivity index (χ0) is 22.1. The van der Waals surface area contributed by atoms with Crippen molar-refractivity contribution >= 4 is 23.4 Å². The van der Waals surface area contributed by atoms with E-state index in [1.165, 1.54) is 24.4 Å². The van der Waals surface area contributed by atoms with Gasteiger partial charge in [0.1, 0.15) is 18.1 Å². The van der Waals surface area contributed by atoms with Crippen LogP contribution >= 0.6 is 0 Å². The van der Waals surface area contributed by atoms with Crippen molar-refractivity contribution in [3.63, 3.8) is 0 Å². The van der Waals surface area contributed by atoms with E-state index in [-0.39, 0.29) is 34.6 Å². The first-order chi connectivity index (χ1) is 14.8. The third-order valence-corrected chi connectivity index (χ3v) is 4.84. The molecule has 31 heavy (non-hydrogen) atoms. The topological polar surface area (TPSA) is 106 Å². The Hall–Kier alpha value is -3.82. The Morgan fingerprint density at radius 1 is 1.19 bits per heavy atom. The van der Waals surface area contributed by atoms with Crippen LogP contribution in [0.5, 0.6) is 5.75 Å². The Labute approximate surface area is 177 Å². The van der Waals surface area contributed by atoms with Gasteiger partial charge >= 0.3 is 0 Å². The number of fused-ring (bicyclic) bond motifs is 1. The molecule has 1 aliphatic heterocycles. The second kappa shape index (κ2) is 8.13. The van der Waals surface area contributed by atoms with Gasteiger partial charge < -0.3 is 20.7 Å². The number of carbonyl (C=O) groups excluding carboxylic acids is 1. The highest BCUT2D eigenvalue weighted by Crippen LogP contribution is 2.39. The summed E-state index contributed by atoms with van der Waals surface area (Å²) in [5.41, 5.74) is 6.18. The van der Waals surface area contributed by atoms with Crippen LogP contribution in [0.3, 0.4) is 0 Å². The summed E-state index contributed by atoms with van der Waals surface area (Å²) in [4.78, 5) is 25.3. The van der Waals surface area contributed by atoms with Crippen molar-refractivity contribution in [2.24, 2.45) is 5.73 Å². The number of primary amides is 1. The number of hydrogen-bond donors (Lipinski definition) is 2. The normalized spacial score (nSPS) is 13.0. The van der Waals surface area contributed by atoms with Crippen molar-refractivity contribution in [1.29, 1.82) is 0 Å². The van der Waals surface area contributed by atoms with E-state index in [0.717, 1.165) is 6.20 Å². The first-order valence-corrected chi connectivity index (χ1v) is 9.62. The highest BCUT2D eigenvalue weighted by Gasteiger charge is 2.25. The SMILES string of the molecule is CC(C)N1CCOc2c(F)cc(-c3nc(Nc4ccc(C(N)=O)cn4)ncc3F)cc21. The number of aromatic nitrogens is 3. The average molecular weight is 426 g/mol. The summed E-state index contributed by atoms with van der Waals surface area (Å²) in [7, 11) is 0. The molecule has 3 aromatic rings. The molecule has 0 radical (unpaired) electrons. The highest BCUT2D eigenvalue weighted by atomic mass is 19.1. The predicted octanol–water partition coefficient (Wildman–Crippen LogP) is 3.27. The first-order valence-electron chi connectivity index (χ1n) is 9.62. The van der Waals surface area contributed by atoms with Gasteiger partial charge in [0.25, 0.3) is 0 Å². The summed E-state index contributed by atoms with van der Waals surface area (Å²) in [6.45, 7) is 4.95. The maximum atomic E-state index is 14.8. The molecule has 3 N–H and O–H groups in total. The lowest BCUT2D eigenvalue weighted by atomic mass is 10.1. The molecule has 0 aliphatic carbocycles. The molecule has 10 heteroatoms. The lowest BCUT2D eigenvalue weighted by Gasteiger charge is -2.34. The molecule has 0 spiro atoms. The van der Waals surface area contributed by atoms with Gasteiger partial charge in [0.15, 0.2) is 17.4 Å². The highest BCUT2D eigenvalue weighted by molar-refractivity contribution is 5.92. The summed E-state index contributed by atoms with van der Waals surface area (Å²) in [5.74, 6) is -1.35. The van der Waals surface area contributed by atoms with Crippen molar-refractivity contribution in [2.45, 2.75) is 19.9 Å². The van der Waals surface area contributed by atoms with Gasteiger partial charge in [-0.05, 0) is 38.1 Å². The summed E-state index contributed by atoms with van der Waals surface area (Å²) in [6, 6.07) is 5.97. The minimum Gasteiger partial charge on any atom is -0.486 e. The standard InChI is InChI=1S/C21H20F2N6O2/c1-11(2)29-5-6-31-19-14(22)7-13(8-16(19)29)18-15(23)10-26-21(28-18)27-17-4-3-12(9-25-17)20(24)30/h3-4,7-11H,5-6H2,1-2H3,(H2,24,30)(H,25,26,27,28). The van der Waals surface area contributed by atoms with Crippen LogP contribution in [0, 0.1) is 11.6 Å². The van der Waals surface area contributed by atoms with Gasteiger partial charge in [-0.25, -0.2) is 23.7 Å². The average Bonchev–Trinajstić information content (AvgIpc) is 2.75. The van der Waals surface area contributed by atoms with Crippen molar-refractivity contribution in [1.82, 2.24) is 15.0 Å². The smallest absolute Gasteiger partial charge is 0.250 e. The fraction of sp³-hybridized carbons (Fsp3) is 0.238. The van der Waals surface area contributed by atoms with Gasteiger partial charge in [0.05, 0.1) is 24.0 Å². The second-order valence-corrected chi connectivity index (χ2v) is 7.25. The summed E-state index contributed by atoms with van der Waals surface area (Å²) >= 11 is 0. The zero-order valence-corrected chi connectivity index (χ0v) is 16.9. The van der Waals surface area contributed by atoms with Crippen LogP contribution in [0.1, 0.15) is 24.2 Å². The lowest BCUT2D eigenvalue weighted by Crippen LogP contribution is -2.38. The molecule has 0 bridgehead atoms. The van der Waals surface area contributed by atoms with Gasteiger partial charge in [0, 0.05) is 17.8 Å². The van der Waals surface area contributed by atoms with Crippen molar-refractivity contribution in [2.75, 3.05) is 23.4 Å². The largest absolute Gasteiger partial charge is 0.486 e. The molecule has 3 heterocycles. The molecule has 2 aromatic heterocycles. The number of rotatable bonds is 5. The number of anilines is 3. The molecule has 8 nitrogen and oxygen atoms in total. The fourth-order valence-corrected chi connectivity index (χ4v) is 3.33. The fourth-order valence-electron chi connectivity index (χ4n) is 3.33. The minimum atomic E-state index is -0.699. The van der Waals surface area contributed by atoms with Crippen LogP contribution < -0.4 is 20.7 Å². The molecule has 1 aliphatic rings. The number of nitrogens with two attached hydrogens (primary N) is 1. The number of halogens is 2. The molecule has 0 atom stereocenters. The van der Waals surface area contributed by atoms with Crippen LogP contribution in [-0.4, -0.2) is 40.1 Å². The molecule has 1 aromatic carbocycles. The van der Waals surface area contributed by atoms with Crippen LogP contribution in [0.15, 0.2) is 36.7 Å². The number of nitrogens with zero attached hydrogens (tertiary/aromatic N) is 4. The third kappa shape index (κ3) is 4.09. The van der Waals surface area contributed by atoms with E-state index >= 15 is 0 Å². The third-order valence-electron chi connectivity index (χ3n) is 4.84. The Morgan fingerprint density at radius 2 is 2.00 bits per heavy atom. The molecule has 0 saturated carbocycles. The van der Waals surface area contributed by atoms with E-state index in [4.69, 9.17) is 10.5 Å². The van der Waals surface area contributed by atoms with Crippen molar-refractivity contribution in [3.05, 3.63) is 53.9 Å². The van der Waals surface area contributed by atoms with Gasteiger partial charge in [-0.15, -0.1) is 0 Å². The maximum Gasteiger partial charge on any atom is 0.250 e. The molecular formula is C21H20F2N6O2. The van der Waals surface area contributed by atoms with E-state index in [1.54, 1.807) is 6.07 Å². The number of ether oxygens (including phenoxy) is 1. The van der Waals surface area contributed by atoms with E-state index in [2.05, 4.69) is 20.3 Å². The van der Waals surface area contributed by atoms with Crippen LogP contribution in [0.25, 0.3) is 11.3 Å². The van der Waals surface area contributed by atoms with Crippen LogP contribution in [-0.2, 0) is 0 Å². The Bertz CT molecular complexity index is 1140. The monoisotopic (exact) mass is 426 g/mol. The number of pyridine rings is 1. The summed E-state index contributed by atoms with van der Waals surface area (Å²) in [6.07, 6.45) is 2.30. The Kier molecular flexibility index (Phi) is 5.37. The van der Waals surface area contributed by atoms with Crippen molar-refractivity contribution < 1.29 is 18.3 Å². The predicted molar refractivity (Wildman–Crippen MR) is 111 cm³/mol. The van der Waals surface area contributed by atoms with Gasteiger partial charge in [-0.1, -0.05) is 0 Å². The molecular weight excluding hydrogens is 406 g/mol. The van der Waals surface area contributed by atoms with Gasteiger partial charge in [-0.3, -0.25) is 4.79 Å². The number of nitrogens with one attached hydrogen (secondary N) is 1. The molecule has 160 valence electrons. The second-order valence-electron chi connectivity index (χ2n) is 7.25. The number of carbonyl (C=O) groups is 1. The zero-order valence-electron chi connectivity index (χ0n) is 16.9. The van der Waals surface area contributed by atoms with Gasteiger partial charge in [0.2, 0.25) is 11.9 Å². The summed E-state index contributed by atoms with van der Waals surface area (Å²) < 4.78 is 34.8. The molecule has 1 amide bonds. The minimum absolute atomic E-state index is 0.0609. The Morgan fingerprint density at radius 3 is 2.68 bits per heavy atom. The molecule has 0 fully saturated rings. The van der Waals surface area contributed by atoms with E-state index < -0.39 is 17.5 Å². The molecule has 0 saturated heterocycles. The quantitative estimate of drug-likeness (QED) is 0.645.